The first kappa shape index (κ1) is 8.65. The van der Waals surface area contributed by atoms with Crippen molar-refractivity contribution in [1.82, 2.24) is 14.6 Å². The Morgan fingerprint density at radius 2 is 2.31 bits per heavy atom. The van der Waals surface area contributed by atoms with Gasteiger partial charge in [0.25, 0.3) is 0 Å². The number of aromatic nitrogens is 3. The number of hydrogen-bond acceptors (Lipinski definition) is 4. The monoisotopic (exact) mass is 196 g/mol. The van der Waals surface area contributed by atoms with E-state index in [0.717, 1.165) is 27.8 Å². The summed E-state index contributed by atoms with van der Waals surface area (Å²) in [6, 6.07) is 0. The molecule has 0 fully saturated rings. The van der Waals surface area contributed by atoms with Gasteiger partial charge >= 0.3 is 0 Å². The summed E-state index contributed by atoms with van der Waals surface area (Å²) >= 11 is 1.63. The summed E-state index contributed by atoms with van der Waals surface area (Å²) in [6.07, 6.45) is 0.955. The molecular weight excluding hydrogens is 184 g/mol. The molecule has 0 saturated heterocycles. The van der Waals surface area contributed by atoms with E-state index < -0.39 is 0 Å². The summed E-state index contributed by atoms with van der Waals surface area (Å²) in [5.74, 6) is 0. The Morgan fingerprint density at radius 3 is 2.92 bits per heavy atom. The SMILES string of the molecule is CCc1nn2c(CN)c(C)nc2s1. The molecule has 0 unspecified atom stereocenters. The van der Waals surface area contributed by atoms with Crippen LogP contribution in [0.15, 0.2) is 0 Å². The molecular formula is C8H12N4S. The maximum atomic E-state index is 5.62. The first-order chi connectivity index (χ1) is 6.26. The Hall–Kier alpha value is -0.940. The van der Waals surface area contributed by atoms with Crippen molar-refractivity contribution in [3.8, 4) is 0 Å². The number of nitrogens with zero attached hydrogens (tertiary/aromatic N) is 3. The lowest BCUT2D eigenvalue weighted by atomic mass is 10.3. The Balaban J connectivity index is 2.66. The Morgan fingerprint density at radius 1 is 1.54 bits per heavy atom. The fourth-order valence-corrected chi connectivity index (χ4v) is 2.21. The minimum Gasteiger partial charge on any atom is -0.325 e. The van der Waals surface area contributed by atoms with Crippen molar-refractivity contribution in [3.05, 3.63) is 16.4 Å². The Bertz CT molecular complexity index is 428. The highest BCUT2D eigenvalue weighted by Crippen LogP contribution is 2.18. The fraction of sp³-hybridized carbons (Fsp3) is 0.500. The van der Waals surface area contributed by atoms with E-state index in [1.807, 2.05) is 11.4 Å². The fourth-order valence-electron chi connectivity index (χ4n) is 1.31. The highest BCUT2D eigenvalue weighted by Gasteiger charge is 2.11. The third-order valence-electron chi connectivity index (χ3n) is 2.03. The molecule has 13 heavy (non-hydrogen) atoms. The lowest BCUT2D eigenvalue weighted by Crippen LogP contribution is -2.03. The molecule has 2 aromatic heterocycles. The molecule has 0 saturated carbocycles. The number of fused-ring (bicyclic) bond motifs is 1. The molecule has 0 aromatic carbocycles. The maximum absolute atomic E-state index is 5.62. The van der Waals surface area contributed by atoms with Crippen LogP contribution in [0.1, 0.15) is 23.3 Å². The minimum absolute atomic E-state index is 0.500. The highest BCUT2D eigenvalue weighted by atomic mass is 32.1. The van der Waals surface area contributed by atoms with Crippen LogP contribution in [0.25, 0.3) is 4.96 Å². The van der Waals surface area contributed by atoms with E-state index in [0.29, 0.717) is 6.54 Å². The van der Waals surface area contributed by atoms with E-state index in [4.69, 9.17) is 5.73 Å². The summed E-state index contributed by atoms with van der Waals surface area (Å²) in [6.45, 7) is 4.56. The molecule has 0 aliphatic heterocycles. The zero-order valence-electron chi connectivity index (χ0n) is 7.74. The van der Waals surface area contributed by atoms with Crippen molar-refractivity contribution in [1.29, 1.82) is 0 Å². The van der Waals surface area contributed by atoms with E-state index in [1.54, 1.807) is 11.3 Å². The highest BCUT2D eigenvalue weighted by molar-refractivity contribution is 7.16. The molecule has 0 spiro atoms. The second kappa shape index (κ2) is 3.08. The zero-order chi connectivity index (χ0) is 9.42. The van der Waals surface area contributed by atoms with Crippen LogP contribution in [0, 0.1) is 6.92 Å². The van der Waals surface area contributed by atoms with E-state index in [2.05, 4.69) is 17.0 Å². The predicted octanol–water partition coefficient (Wildman–Crippen LogP) is 1.12. The molecule has 0 aliphatic rings. The van der Waals surface area contributed by atoms with E-state index in [-0.39, 0.29) is 0 Å². The molecule has 0 atom stereocenters. The zero-order valence-corrected chi connectivity index (χ0v) is 8.56. The van der Waals surface area contributed by atoms with E-state index in [1.165, 1.54) is 0 Å². The van der Waals surface area contributed by atoms with Gasteiger partial charge in [-0.15, -0.1) is 0 Å². The van der Waals surface area contributed by atoms with Crippen molar-refractivity contribution in [2.75, 3.05) is 0 Å². The van der Waals surface area contributed by atoms with Gasteiger partial charge in [0.15, 0.2) is 0 Å². The van der Waals surface area contributed by atoms with Gasteiger partial charge in [-0.1, -0.05) is 18.3 Å². The van der Waals surface area contributed by atoms with Crippen LogP contribution >= 0.6 is 11.3 Å². The van der Waals surface area contributed by atoms with Gasteiger partial charge in [0, 0.05) is 6.54 Å². The number of rotatable bonds is 2. The lowest BCUT2D eigenvalue weighted by molar-refractivity contribution is 0.830. The largest absolute Gasteiger partial charge is 0.325 e. The minimum atomic E-state index is 0.500. The molecule has 2 rings (SSSR count). The number of nitrogens with two attached hydrogens (primary N) is 1. The average Bonchev–Trinajstić information content (AvgIpc) is 2.60. The van der Waals surface area contributed by atoms with Gasteiger partial charge in [0.05, 0.1) is 11.4 Å². The Labute approximate surface area is 80.4 Å². The molecule has 0 radical (unpaired) electrons. The average molecular weight is 196 g/mol. The van der Waals surface area contributed by atoms with Crippen LogP contribution in [0.5, 0.6) is 0 Å². The molecule has 5 heteroatoms. The molecule has 0 bridgehead atoms. The van der Waals surface area contributed by atoms with Crippen LogP contribution in [0.2, 0.25) is 0 Å². The first-order valence-electron chi connectivity index (χ1n) is 4.30. The molecule has 2 N–H and O–H groups in total. The van der Waals surface area contributed by atoms with Crippen molar-refractivity contribution < 1.29 is 0 Å². The summed E-state index contributed by atoms with van der Waals surface area (Å²) in [7, 11) is 0. The van der Waals surface area contributed by atoms with Gasteiger partial charge in [-0.05, 0) is 13.3 Å². The van der Waals surface area contributed by atoms with Crippen molar-refractivity contribution in [3.63, 3.8) is 0 Å². The van der Waals surface area contributed by atoms with Crippen LogP contribution in [-0.4, -0.2) is 14.6 Å². The number of imidazole rings is 1. The molecule has 70 valence electrons. The maximum Gasteiger partial charge on any atom is 0.212 e. The smallest absolute Gasteiger partial charge is 0.212 e. The van der Waals surface area contributed by atoms with Gasteiger partial charge in [-0.3, -0.25) is 0 Å². The van der Waals surface area contributed by atoms with Gasteiger partial charge in [0.1, 0.15) is 5.01 Å². The van der Waals surface area contributed by atoms with Crippen LogP contribution in [-0.2, 0) is 13.0 Å². The van der Waals surface area contributed by atoms with Crippen LogP contribution in [0.4, 0.5) is 0 Å². The van der Waals surface area contributed by atoms with E-state index in [9.17, 15) is 0 Å². The summed E-state index contributed by atoms with van der Waals surface area (Å²) in [4.78, 5) is 5.35. The summed E-state index contributed by atoms with van der Waals surface area (Å²) < 4.78 is 1.86. The summed E-state index contributed by atoms with van der Waals surface area (Å²) in [5, 5.41) is 5.52. The summed E-state index contributed by atoms with van der Waals surface area (Å²) in [5.41, 5.74) is 7.62. The third kappa shape index (κ3) is 1.24. The molecule has 0 aliphatic carbocycles. The standard InChI is InChI=1S/C8H12N4S/c1-3-7-11-12-6(4-9)5(2)10-8(12)13-7/h3-4,9H2,1-2H3. The van der Waals surface area contributed by atoms with Crippen LogP contribution < -0.4 is 5.73 Å². The molecule has 2 aromatic rings. The van der Waals surface area contributed by atoms with Crippen LogP contribution in [0.3, 0.4) is 0 Å². The first-order valence-corrected chi connectivity index (χ1v) is 5.12. The van der Waals surface area contributed by atoms with Gasteiger partial charge in [-0.25, -0.2) is 9.50 Å². The quantitative estimate of drug-likeness (QED) is 0.783. The molecule has 2 heterocycles. The normalized spacial score (nSPS) is 11.3. The van der Waals surface area contributed by atoms with Gasteiger partial charge < -0.3 is 5.73 Å². The van der Waals surface area contributed by atoms with Crippen molar-refractivity contribution >= 4 is 16.3 Å². The number of hydrogen-bond donors (Lipinski definition) is 1. The molecule has 4 nitrogen and oxygen atoms in total. The number of aryl methyl sites for hydroxylation is 2. The topological polar surface area (TPSA) is 56.2 Å². The predicted molar refractivity (Wildman–Crippen MR) is 52.9 cm³/mol. The molecule has 0 amide bonds. The van der Waals surface area contributed by atoms with Crippen molar-refractivity contribution in [2.45, 2.75) is 26.8 Å². The van der Waals surface area contributed by atoms with Crippen molar-refractivity contribution in [2.24, 2.45) is 5.73 Å². The third-order valence-corrected chi connectivity index (χ3v) is 3.09. The Kier molecular flexibility index (Phi) is 2.05. The second-order valence-corrected chi connectivity index (χ2v) is 3.93. The van der Waals surface area contributed by atoms with Gasteiger partial charge in [0.2, 0.25) is 4.96 Å². The lowest BCUT2D eigenvalue weighted by Gasteiger charge is -1.92. The van der Waals surface area contributed by atoms with Gasteiger partial charge in [-0.2, -0.15) is 5.10 Å². The van der Waals surface area contributed by atoms with E-state index >= 15 is 0 Å². The second-order valence-electron chi connectivity index (χ2n) is 2.89.